The SMILES string of the molecule is CCC1CCC(c2noc(-c3c(N)cccc3F)n2)CC1. The molecule has 0 bridgehead atoms. The first-order valence-corrected chi connectivity index (χ1v) is 7.57. The molecule has 0 saturated heterocycles. The Morgan fingerprint density at radius 3 is 2.71 bits per heavy atom. The van der Waals surface area contributed by atoms with Gasteiger partial charge in [-0.05, 0) is 43.7 Å². The Hall–Kier alpha value is -1.91. The molecule has 1 aliphatic carbocycles. The fourth-order valence-corrected chi connectivity index (χ4v) is 3.10. The molecular weight excluding hydrogens is 269 g/mol. The van der Waals surface area contributed by atoms with Crippen LogP contribution in [0.15, 0.2) is 22.7 Å². The lowest BCUT2D eigenvalue weighted by atomic mass is 9.80. The highest BCUT2D eigenvalue weighted by Gasteiger charge is 2.26. The van der Waals surface area contributed by atoms with Gasteiger partial charge in [-0.15, -0.1) is 0 Å². The number of benzene rings is 1. The topological polar surface area (TPSA) is 64.9 Å². The molecule has 4 nitrogen and oxygen atoms in total. The Labute approximate surface area is 123 Å². The van der Waals surface area contributed by atoms with Crippen LogP contribution in [0, 0.1) is 11.7 Å². The summed E-state index contributed by atoms with van der Waals surface area (Å²) in [5.74, 6) is 1.56. The summed E-state index contributed by atoms with van der Waals surface area (Å²) in [6.45, 7) is 2.23. The molecule has 1 aliphatic rings. The fraction of sp³-hybridized carbons (Fsp3) is 0.500. The third-order valence-corrected chi connectivity index (χ3v) is 4.49. The number of hydrogen-bond acceptors (Lipinski definition) is 4. The molecule has 112 valence electrons. The summed E-state index contributed by atoms with van der Waals surface area (Å²) in [6.07, 6.45) is 5.78. The van der Waals surface area contributed by atoms with Gasteiger partial charge in [-0.25, -0.2) is 4.39 Å². The Kier molecular flexibility index (Phi) is 3.90. The van der Waals surface area contributed by atoms with E-state index >= 15 is 0 Å². The maximum absolute atomic E-state index is 13.9. The van der Waals surface area contributed by atoms with Gasteiger partial charge in [0.25, 0.3) is 5.89 Å². The van der Waals surface area contributed by atoms with Crippen LogP contribution in [0.3, 0.4) is 0 Å². The Morgan fingerprint density at radius 2 is 2.05 bits per heavy atom. The monoisotopic (exact) mass is 289 g/mol. The molecule has 0 atom stereocenters. The lowest BCUT2D eigenvalue weighted by Crippen LogP contribution is -2.13. The number of halogens is 1. The molecule has 1 saturated carbocycles. The highest BCUT2D eigenvalue weighted by molar-refractivity contribution is 5.70. The molecule has 1 fully saturated rings. The number of aromatic nitrogens is 2. The zero-order valence-corrected chi connectivity index (χ0v) is 12.2. The van der Waals surface area contributed by atoms with Crippen molar-refractivity contribution in [2.75, 3.05) is 5.73 Å². The standard InChI is InChI=1S/C16H20FN3O/c1-2-10-6-8-11(9-7-10)15-19-16(21-20-15)14-12(17)4-3-5-13(14)18/h3-5,10-11H,2,6-9,18H2,1H3. The first-order valence-electron chi connectivity index (χ1n) is 7.57. The van der Waals surface area contributed by atoms with Crippen molar-refractivity contribution in [3.63, 3.8) is 0 Å². The van der Waals surface area contributed by atoms with E-state index in [1.54, 1.807) is 12.1 Å². The fourth-order valence-electron chi connectivity index (χ4n) is 3.10. The lowest BCUT2D eigenvalue weighted by molar-refractivity contribution is 0.305. The van der Waals surface area contributed by atoms with E-state index < -0.39 is 5.82 Å². The normalized spacial score (nSPS) is 22.4. The van der Waals surface area contributed by atoms with Crippen molar-refractivity contribution < 1.29 is 8.91 Å². The molecule has 0 spiro atoms. The summed E-state index contributed by atoms with van der Waals surface area (Å²) in [5.41, 5.74) is 6.34. The summed E-state index contributed by atoms with van der Waals surface area (Å²) in [6, 6.07) is 4.55. The summed E-state index contributed by atoms with van der Waals surface area (Å²) >= 11 is 0. The van der Waals surface area contributed by atoms with Gasteiger partial charge in [0.05, 0.1) is 5.56 Å². The number of nitrogen functional groups attached to an aromatic ring is 1. The first kappa shape index (κ1) is 14.0. The van der Waals surface area contributed by atoms with Crippen LogP contribution in [-0.2, 0) is 0 Å². The smallest absolute Gasteiger partial charge is 0.263 e. The molecular formula is C16H20FN3O. The Balaban J connectivity index is 1.81. The first-order chi connectivity index (χ1) is 10.2. The van der Waals surface area contributed by atoms with Crippen LogP contribution < -0.4 is 5.73 Å². The molecule has 1 aromatic heterocycles. The predicted octanol–water partition coefficient (Wildman–Crippen LogP) is 4.14. The van der Waals surface area contributed by atoms with Crippen molar-refractivity contribution in [1.82, 2.24) is 10.1 Å². The quantitative estimate of drug-likeness (QED) is 0.862. The number of rotatable bonds is 3. The van der Waals surface area contributed by atoms with E-state index in [1.165, 1.54) is 25.3 Å². The van der Waals surface area contributed by atoms with E-state index in [-0.39, 0.29) is 11.5 Å². The molecule has 1 heterocycles. The number of anilines is 1. The Bertz CT molecular complexity index is 597. The van der Waals surface area contributed by atoms with Gasteiger partial charge in [0.1, 0.15) is 5.82 Å². The van der Waals surface area contributed by atoms with Crippen molar-refractivity contribution in [3.05, 3.63) is 29.8 Å². The molecule has 0 unspecified atom stereocenters. The maximum atomic E-state index is 13.9. The lowest BCUT2D eigenvalue weighted by Gasteiger charge is -2.25. The predicted molar refractivity (Wildman–Crippen MR) is 79.1 cm³/mol. The van der Waals surface area contributed by atoms with E-state index in [4.69, 9.17) is 10.3 Å². The third-order valence-electron chi connectivity index (χ3n) is 4.49. The molecule has 2 aromatic rings. The van der Waals surface area contributed by atoms with Crippen molar-refractivity contribution >= 4 is 5.69 Å². The van der Waals surface area contributed by atoms with Gasteiger partial charge in [-0.2, -0.15) is 4.98 Å². The van der Waals surface area contributed by atoms with E-state index in [0.717, 1.165) is 18.8 Å². The summed E-state index contributed by atoms with van der Waals surface area (Å²) in [5, 5.41) is 4.04. The number of nitrogens with zero attached hydrogens (tertiary/aromatic N) is 2. The van der Waals surface area contributed by atoms with Crippen molar-refractivity contribution in [1.29, 1.82) is 0 Å². The second kappa shape index (κ2) is 5.84. The van der Waals surface area contributed by atoms with Crippen molar-refractivity contribution in [3.8, 4) is 11.5 Å². The Morgan fingerprint density at radius 1 is 1.29 bits per heavy atom. The minimum Gasteiger partial charge on any atom is -0.398 e. The number of hydrogen-bond donors (Lipinski definition) is 1. The molecule has 0 radical (unpaired) electrons. The largest absolute Gasteiger partial charge is 0.398 e. The van der Waals surface area contributed by atoms with Gasteiger partial charge in [0.15, 0.2) is 5.82 Å². The number of nitrogens with two attached hydrogens (primary N) is 1. The highest BCUT2D eigenvalue weighted by atomic mass is 19.1. The van der Waals surface area contributed by atoms with Crippen LogP contribution in [0.5, 0.6) is 0 Å². The van der Waals surface area contributed by atoms with E-state index in [9.17, 15) is 4.39 Å². The average molecular weight is 289 g/mol. The molecule has 0 aliphatic heterocycles. The molecule has 5 heteroatoms. The highest BCUT2D eigenvalue weighted by Crippen LogP contribution is 2.37. The van der Waals surface area contributed by atoms with Crippen molar-refractivity contribution in [2.24, 2.45) is 5.92 Å². The second-order valence-electron chi connectivity index (χ2n) is 5.79. The zero-order valence-electron chi connectivity index (χ0n) is 12.2. The summed E-state index contributed by atoms with van der Waals surface area (Å²) in [4.78, 5) is 4.38. The van der Waals surface area contributed by atoms with Crippen LogP contribution in [0.4, 0.5) is 10.1 Å². The van der Waals surface area contributed by atoms with E-state index in [1.807, 2.05) is 0 Å². The third kappa shape index (κ3) is 2.77. The molecule has 0 amide bonds. The second-order valence-corrected chi connectivity index (χ2v) is 5.79. The van der Waals surface area contributed by atoms with Crippen LogP contribution in [0.2, 0.25) is 0 Å². The van der Waals surface area contributed by atoms with Gasteiger partial charge in [-0.1, -0.05) is 24.6 Å². The summed E-state index contributed by atoms with van der Waals surface area (Å²) < 4.78 is 19.1. The van der Waals surface area contributed by atoms with Gasteiger partial charge >= 0.3 is 0 Å². The molecule has 1 aromatic carbocycles. The van der Waals surface area contributed by atoms with E-state index in [2.05, 4.69) is 17.1 Å². The summed E-state index contributed by atoms with van der Waals surface area (Å²) in [7, 11) is 0. The van der Waals surface area contributed by atoms with Gasteiger partial charge in [0.2, 0.25) is 0 Å². The average Bonchev–Trinajstić information content (AvgIpc) is 2.97. The molecule has 3 rings (SSSR count). The van der Waals surface area contributed by atoms with Crippen LogP contribution in [0.25, 0.3) is 11.5 Å². The van der Waals surface area contributed by atoms with Gasteiger partial charge < -0.3 is 10.3 Å². The zero-order chi connectivity index (χ0) is 14.8. The maximum Gasteiger partial charge on any atom is 0.263 e. The minimum absolute atomic E-state index is 0.179. The van der Waals surface area contributed by atoms with Crippen LogP contribution >= 0.6 is 0 Å². The molecule has 2 N–H and O–H groups in total. The van der Waals surface area contributed by atoms with Crippen molar-refractivity contribution in [2.45, 2.75) is 44.9 Å². The van der Waals surface area contributed by atoms with Crippen LogP contribution in [-0.4, -0.2) is 10.1 Å². The minimum atomic E-state index is -0.431. The van der Waals surface area contributed by atoms with Gasteiger partial charge in [0, 0.05) is 11.6 Å². The van der Waals surface area contributed by atoms with Gasteiger partial charge in [-0.3, -0.25) is 0 Å². The van der Waals surface area contributed by atoms with E-state index in [0.29, 0.717) is 17.4 Å². The van der Waals surface area contributed by atoms with Crippen LogP contribution in [0.1, 0.15) is 50.8 Å². The molecule has 21 heavy (non-hydrogen) atoms.